The fourth-order valence-electron chi connectivity index (χ4n) is 3.50. The number of benzene rings is 1. The molecule has 0 amide bonds. The lowest BCUT2D eigenvalue weighted by molar-refractivity contribution is 0.117. The number of likely N-dealkylation sites (tertiary alicyclic amines) is 1. The zero-order valence-electron chi connectivity index (χ0n) is 13.1. The Bertz CT molecular complexity index is 575. The molecule has 0 aliphatic carbocycles. The first kappa shape index (κ1) is 16.4. The fourth-order valence-corrected chi connectivity index (χ4v) is 3.50. The van der Waals surface area contributed by atoms with E-state index in [-0.39, 0.29) is 12.4 Å². The molecule has 21 heavy (non-hydrogen) atoms. The third kappa shape index (κ3) is 4.02. The van der Waals surface area contributed by atoms with E-state index in [0.29, 0.717) is 5.41 Å². The Morgan fingerprint density at radius 2 is 2.10 bits per heavy atom. The summed E-state index contributed by atoms with van der Waals surface area (Å²) in [6, 6.07) is 8.48. The van der Waals surface area contributed by atoms with Crippen molar-refractivity contribution >= 4 is 23.4 Å². The summed E-state index contributed by atoms with van der Waals surface area (Å²) in [6.07, 6.45) is 6.90. The van der Waals surface area contributed by atoms with Crippen molar-refractivity contribution in [3.8, 4) is 0 Å². The summed E-state index contributed by atoms with van der Waals surface area (Å²) in [6.45, 7) is 8.54. The van der Waals surface area contributed by atoms with Crippen molar-refractivity contribution in [1.82, 2.24) is 4.90 Å². The minimum atomic E-state index is 0. The molecule has 2 aromatic rings. The zero-order valence-corrected chi connectivity index (χ0v) is 13.9. The molecule has 1 fully saturated rings. The van der Waals surface area contributed by atoms with Gasteiger partial charge in [-0.1, -0.05) is 26.0 Å². The molecular weight excluding hydrogens is 282 g/mol. The van der Waals surface area contributed by atoms with Gasteiger partial charge in [0.1, 0.15) is 5.58 Å². The second-order valence-corrected chi connectivity index (χ2v) is 6.90. The Balaban J connectivity index is 0.00000161. The lowest BCUT2D eigenvalue weighted by Crippen LogP contribution is -2.40. The molecular formula is C18H26ClNO. The summed E-state index contributed by atoms with van der Waals surface area (Å²) < 4.78 is 5.47. The fraction of sp³-hybridized carbons (Fsp3) is 0.556. The van der Waals surface area contributed by atoms with Crippen LogP contribution in [0, 0.1) is 5.41 Å². The van der Waals surface area contributed by atoms with E-state index in [1.807, 2.05) is 6.07 Å². The second-order valence-electron chi connectivity index (χ2n) is 6.90. The van der Waals surface area contributed by atoms with Gasteiger partial charge in [0, 0.05) is 11.9 Å². The number of hydrogen-bond acceptors (Lipinski definition) is 2. The highest BCUT2D eigenvalue weighted by Crippen LogP contribution is 2.28. The van der Waals surface area contributed by atoms with Gasteiger partial charge in [-0.05, 0) is 61.9 Å². The van der Waals surface area contributed by atoms with Crippen molar-refractivity contribution in [2.75, 3.05) is 19.6 Å². The number of piperidine rings is 1. The van der Waals surface area contributed by atoms with Crippen LogP contribution in [-0.4, -0.2) is 24.5 Å². The van der Waals surface area contributed by atoms with Crippen LogP contribution in [0.15, 0.2) is 34.9 Å². The molecule has 2 heterocycles. The van der Waals surface area contributed by atoms with E-state index in [1.54, 1.807) is 6.26 Å². The molecule has 3 heteroatoms. The van der Waals surface area contributed by atoms with Gasteiger partial charge in [0.05, 0.1) is 6.26 Å². The predicted molar refractivity (Wildman–Crippen MR) is 91.2 cm³/mol. The predicted octanol–water partition coefficient (Wildman–Crippen LogP) is 4.91. The summed E-state index contributed by atoms with van der Waals surface area (Å²) >= 11 is 0. The molecule has 0 atom stereocenters. The van der Waals surface area contributed by atoms with Gasteiger partial charge in [0.15, 0.2) is 0 Å². The Labute approximate surface area is 133 Å². The molecule has 1 saturated heterocycles. The lowest BCUT2D eigenvalue weighted by atomic mass is 9.84. The molecule has 116 valence electrons. The van der Waals surface area contributed by atoms with E-state index >= 15 is 0 Å². The van der Waals surface area contributed by atoms with E-state index < -0.39 is 0 Å². The van der Waals surface area contributed by atoms with Crippen LogP contribution in [0.5, 0.6) is 0 Å². The standard InChI is InChI=1S/C18H25NO.ClH/c1-18(2)10-5-12-19(14-18)11-4-7-15-6-3-8-17-16(15)9-13-20-17;/h3,6,8-9,13H,4-5,7,10-12,14H2,1-2H3;1H. The highest BCUT2D eigenvalue weighted by atomic mass is 35.5. The van der Waals surface area contributed by atoms with Gasteiger partial charge in [-0.3, -0.25) is 0 Å². The SMILES string of the molecule is CC1(C)CCCN(CCCc2cccc3occc23)C1.Cl. The molecule has 0 bridgehead atoms. The topological polar surface area (TPSA) is 16.4 Å². The molecule has 0 unspecified atom stereocenters. The van der Waals surface area contributed by atoms with E-state index in [1.165, 1.54) is 49.8 Å². The first-order chi connectivity index (χ1) is 9.64. The molecule has 1 aliphatic heterocycles. The van der Waals surface area contributed by atoms with Crippen molar-refractivity contribution in [2.24, 2.45) is 5.41 Å². The molecule has 3 rings (SSSR count). The van der Waals surface area contributed by atoms with Crippen molar-refractivity contribution in [3.63, 3.8) is 0 Å². The van der Waals surface area contributed by atoms with Gasteiger partial charge in [-0.15, -0.1) is 12.4 Å². The van der Waals surface area contributed by atoms with Gasteiger partial charge in [0.25, 0.3) is 0 Å². The molecule has 0 N–H and O–H groups in total. The van der Waals surface area contributed by atoms with Gasteiger partial charge >= 0.3 is 0 Å². The van der Waals surface area contributed by atoms with E-state index in [0.717, 1.165) is 12.0 Å². The Hall–Kier alpha value is -0.990. The van der Waals surface area contributed by atoms with Gasteiger partial charge in [-0.2, -0.15) is 0 Å². The van der Waals surface area contributed by atoms with Crippen molar-refractivity contribution in [2.45, 2.75) is 39.5 Å². The maximum absolute atomic E-state index is 5.47. The van der Waals surface area contributed by atoms with E-state index in [4.69, 9.17) is 4.42 Å². The average Bonchev–Trinajstić information content (AvgIpc) is 2.87. The summed E-state index contributed by atoms with van der Waals surface area (Å²) in [7, 11) is 0. The molecule has 0 saturated carbocycles. The van der Waals surface area contributed by atoms with E-state index in [9.17, 15) is 0 Å². The number of aryl methyl sites for hydroxylation is 1. The molecule has 1 aromatic heterocycles. The second kappa shape index (κ2) is 6.85. The van der Waals surface area contributed by atoms with Crippen LogP contribution in [0.25, 0.3) is 11.0 Å². The number of halogens is 1. The summed E-state index contributed by atoms with van der Waals surface area (Å²) in [4.78, 5) is 2.64. The van der Waals surface area contributed by atoms with Crippen LogP contribution >= 0.6 is 12.4 Å². The van der Waals surface area contributed by atoms with Gasteiger partial charge in [0.2, 0.25) is 0 Å². The monoisotopic (exact) mass is 307 g/mol. The zero-order chi connectivity index (χ0) is 14.0. The third-order valence-corrected chi connectivity index (χ3v) is 4.49. The first-order valence-electron chi connectivity index (χ1n) is 7.82. The van der Waals surface area contributed by atoms with Crippen molar-refractivity contribution in [1.29, 1.82) is 0 Å². The average molecular weight is 308 g/mol. The number of furan rings is 1. The molecule has 1 aromatic carbocycles. The minimum Gasteiger partial charge on any atom is -0.464 e. The number of rotatable bonds is 4. The maximum atomic E-state index is 5.47. The van der Waals surface area contributed by atoms with Crippen LogP contribution in [0.4, 0.5) is 0 Å². The van der Waals surface area contributed by atoms with Gasteiger partial charge in [-0.25, -0.2) is 0 Å². The van der Waals surface area contributed by atoms with Crippen LogP contribution in [0.3, 0.4) is 0 Å². The maximum Gasteiger partial charge on any atom is 0.134 e. The first-order valence-corrected chi connectivity index (χ1v) is 7.82. The summed E-state index contributed by atoms with van der Waals surface area (Å²) in [5.41, 5.74) is 2.94. The smallest absolute Gasteiger partial charge is 0.134 e. The van der Waals surface area contributed by atoms with Crippen LogP contribution in [-0.2, 0) is 6.42 Å². The Morgan fingerprint density at radius 3 is 2.90 bits per heavy atom. The quantitative estimate of drug-likeness (QED) is 0.798. The molecule has 0 radical (unpaired) electrons. The summed E-state index contributed by atoms with van der Waals surface area (Å²) in [5.74, 6) is 0. The minimum absolute atomic E-state index is 0. The van der Waals surface area contributed by atoms with Gasteiger partial charge < -0.3 is 9.32 Å². The molecule has 2 nitrogen and oxygen atoms in total. The van der Waals surface area contributed by atoms with Crippen molar-refractivity contribution in [3.05, 3.63) is 36.1 Å². The summed E-state index contributed by atoms with van der Waals surface area (Å²) in [5, 5.41) is 1.28. The largest absolute Gasteiger partial charge is 0.464 e. The lowest BCUT2D eigenvalue weighted by Gasteiger charge is -2.38. The Kier molecular flexibility index (Phi) is 5.34. The number of hydrogen-bond donors (Lipinski definition) is 0. The molecule has 1 aliphatic rings. The van der Waals surface area contributed by atoms with Crippen LogP contribution in [0.2, 0.25) is 0 Å². The number of nitrogens with zero attached hydrogens (tertiary/aromatic N) is 1. The van der Waals surface area contributed by atoms with E-state index in [2.05, 4.69) is 36.9 Å². The number of fused-ring (bicyclic) bond motifs is 1. The van der Waals surface area contributed by atoms with Crippen LogP contribution < -0.4 is 0 Å². The molecule has 0 spiro atoms. The highest BCUT2D eigenvalue weighted by molar-refractivity contribution is 5.85. The van der Waals surface area contributed by atoms with Crippen LogP contribution in [0.1, 0.15) is 38.7 Å². The highest BCUT2D eigenvalue weighted by Gasteiger charge is 2.25. The Morgan fingerprint density at radius 1 is 1.24 bits per heavy atom. The van der Waals surface area contributed by atoms with Crippen molar-refractivity contribution < 1.29 is 4.42 Å². The normalized spacial score (nSPS) is 18.6. The third-order valence-electron chi connectivity index (χ3n) is 4.49.